The van der Waals surface area contributed by atoms with E-state index in [1.807, 2.05) is 38.1 Å². The van der Waals surface area contributed by atoms with Gasteiger partial charge in [0, 0.05) is 29.1 Å². The van der Waals surface area contributed by atoms with Crippen LogP contribution in [0.1, 0.15) is 37.7 Å². The van der Waals surface area contributed by atoms with Crippen molar-refractivity contribution in [3.8, 4) is 11.5 Å². The number of hydrogen-bond acceptors (Lipinski definition) is 6. The highest BCUT2D eigenvalue weighted by Gasteiger charge is 2.19. The molecule has 0 saturated heterocycles. The molecule has 0 radical (unpaired) electrons. The number of benzene rings is 2. The Hall–Kier alpha value is -4.07. The van der Waals surface area contributed by atoms with Gasteiger partial charge in [0.05, 0.1) is 0 Å². The van der Waals surface area contributed by atoms with Crippen LogP contribution in [0, 0.1) is 13.8 Å². The van der Waals surface area contributed by atoms with Crippen LogP contribution in [0.2, 0.25) is 0 Å². The lowest BCUT2D eigenvalue weighted by Gasteiger charge is -2.10. The summed E-state index contributed by atoms with van der Waals surface area (Å²) < 4.78 is 17.6. The number of ketones is 1. The summed E-state index contributed by atoms with van der Waals surface area (Å²) in [6.45, 7) is 3.96. The molecule has 0 fully saturated rings. The molecule has 1 aliphatic heterocycles. The molecule has 1 N–H and O–H groups in total. The molecule has 0 aliphatic carbocycles. The molecular weight excluding hydrogens is 436 g/mol. The summed E-state index contributed by atoms with van der Waals surface area (Å²) in [4.78, 5) is 37.0. The van der Waals surface area contributed by atoms with Crippen molar-refractivity contribution >= 4 is 17.7 Å². The van der Waals surface area contributed by atoms with Crippen LogP contribution < -0.4 is 14.8 Å². The summed E-state index contributed by atoms with van der Waals surface area (Å²) in [6.07, 6.45) is 0.850. The van der Waals surface area contributed by atoms with Crippen molar-refractivity contribution in [2.75, 3.05) is 19.9 Å². The molecule has 1 amide bonds. The fourth-order valence-corrected chi connectivity index (χ4v) is 3.88. The van der Waals surface area contributed by atoms with E-state index in [2.05, 4.69) is 22.0 Å². The number of amides is 1. The minimum Gasteiger partial charge on any atom is -0.456 e. The lowest BCUT2D eigenvalue weighted by Crippen LogP contribution is -2.31. The average molecular weight is 463 g/mol. The van der Waals surface area contributed by atoms with Crippen LogP contribution in [0.3, 0.4) is 0 Å². The van der Waals surface area contributed by atoms with Crippen LogP contribution >= 0.6 is 0 Å². The van der Waals surface area contributed by atoms with Gasteiger partial charge in [-0.1, -0.05) is 30.3 Å². The lowest BCUT2D eigenvalue weighted by molar-refractivity contribution is -0.141. The molecule has 0 unspecified atom stereocenters. The van der Waals surface area contributed by atoms with Crippen molar-refractivity contribution in [2.24, 2.45) is 0 Å². The number of aryl methyl sites for hydroxylation is 2. The Morgan fingerprint density at radius 2 is 1.76 bits per heavy atom. The van der Waals surface area contributed by atoms with Crippen LogP contribution in [0.25, 0.3) is 0 Å². The highest BCUT2D eigenvalue weighted by molar-refractivity contribution is 6.00. The molecule has 8 nitrogen and oxygen atoms in total. The molecule has 2 aromatic carbocycles. The average Bonchev–Trinajstić information content (AvgIpc) is 3.43. The first-order valence-electron chi connectivity index (χ1n) is 11.0. The maximum absolute atomic E-state index is 12.7. The summed E-state index contributed by atoms with van der Waals surface area (Å²) in [5.74, 6) is -0.394. The van der Waals surface area contributed by atoms with Crippen molar-refractivity contribution < 1.29 is 28.6 Å². The number of esters is 1. The SMILES string of the molecule is Cc1cc(C(=O)COC(=O)CNC(=O)c2ccc3c(c2)OCO3)c(C)n1CCc1ccccc1. The van der Waals surface area contributed by atoms with Crippen LogP contribution in [-0.2, 0) is 22.5 Å². The lowest BCUT2D eigenvalue weighted by atomic mass is 10.1. The zero-order valence-corrected chi connectivity index (χ0v) is 19.1. The highest BCUT2D eigenvalue weighted by atomic mass is 16.7. The third kappa shape index (κ3) is 5.28. The van der Waals surface area contributed by atoms with Crippen LogP contribution in [0.15, 0.2) is 54.6 Å². The van der Waals surface area contributed by atoms with Crippen LogP contribution in [-0.4, -0.2) is 42.2 Å². The van der Waals surface area contributed by atoms with Gasteiger partial charge in [-0.2, -0.15) is 0 Å². The van der Waals surface area contributed by atoms with E-state index in [-0.39, 0.29) is 25.7 Å². The van der Waals surface area contributed by atoms with Gasteiger partial charge in [0.1, 0.15) is 6.54 Å². The van der Waals surface area contributed by atoms with E-state index in [1.165, 1.54) is 5.56 Å². The number of hydrogen-bond donors (Lipinski definition) is 1. The van der Waals surface area contributed by atoms with Gasteiger partial charge < -0.3 is 24.1 Å². The smallest absolute Gasteiger partial charge is 0.325 e. The van der Waals surface area contributed by atoms with Gasteiger partial charge in [0.15, 0.2) is 18.1 Å². The Balaban J connectivity index is 1.27. The van der Waals surface area contributed by atoms with E-state index in [9.17, 15) is 14.4 Å². The third-order valence-electron chi connectivity index (χ3n) is 5.73. The highest BCUT2D eigenvalue weighted by Crippen LogP contribution is 2.32. The summed E-state index contributed by atoms with van der Waals surface area (Å²) in [6, 6.07) is 16.7. The topological polar surface area (TPSA) is 95.9 Å². The fourth-order valence-electron chi connectivity index (χ4n) is 3.88. The number of nitrogens with zero attached hydrogens (tertiary/aromatic N) is 1. The number of aromatic nitrogens is 1. The van der Waals surface area contributed by atoms with Gasteiger partial charge in [0.25, 0.3) is 5.91 Å². The molecule has 4 rings (SSSR count). The summed E-state index contributed by atoms with van der Waals surface area (Å²) in [5, 5.41) is 2.49. The number of Topliss-reactive ketones (excluding diaryl/α,β-unsaturated/α-hetero) is 1. The Bertz CT molecular complexity index is 1220. The number of nitrogens with one attached hydrogen (secondary N) is 1. The Morgan fingerprint density at radius 3 is 2.56 bits per heavy atom. The number of rotatable bonds is 9. The Labute approximate surface area is 197 Å². The maximum atomic E-state index is 12.7. The second kappa shape index (κ2) is 10.2. The first-order valence-corrected chi connectivity index (χ1v) is 11.0. The Kier molecular flexibility index (Phi) is 6.96. The number of fused-ring (bicyclic) bond motifs is 1. The first-order chi connectivity index (χ1) is 16.4. The van der Waals surface area contributed by atoms with E-state index in [0.29, 0.717) is 22.6 Å². The molecule has 0 saturated carbocycles. The van der Waals surface area contributed by atoms with Gasteiger partial charge in [-0.25, -0.2) is 0 Å². The first kappa shape index (κ1) is 23.1. The van der Waals surface area contributed by atoms with Crippen molar-refractivity contribution in [3.63, 3.8) is 0 Å². The number of ether oxygens (including phenoxy) is 3. The van der Waals surface area contributed by atoms with E-state index >= 15 is 0 Å². The van der Waals surface area contributed by atoms with E-state index < -0.39 is 11.9 Å². The fraction of sp³-hybridized carbons (Fsp3) is 0.269. The minimum atomic E-state index is -0.694. The van der Waals surface area contributed by atoms with Crippen LogP contribution in [0.5, 0.6) is 11.5 Å². The molecule has 34 heavy (non-hydrogen) atoms. The number of carbonyl (C=O) groups is 3. The third-order valence-corrected chi connectivity index (χ3v) is 5.73. The van der Waals surface area contributed by atoms with Crippen molar-refractivity contribution in [2.45, 2.75) is 26.8 Å². The monoisotopic (exact) mass is 462 g/mol. The normalized spacial score (nSPS) is 11.8. The van der Waals surface area contributed by atoms with Crippen molar-refractivity contribution in [1.82, 2.24) is 9.88 Å². The van der Waals surface area contributed by atoms with E-state index in [1.54, 1.807) is 18.2 Å². The zero-order valence-electron chi connectivity index (χ0n) is 19.1. The molecule has 176 valence electrons. The summed E-state index contributed by atoms with van der Waals surface area (Å²) >= 11 is 0. The molecule has 0 spiro atoms. The van der Waals surface area contributed by atoms with E-state index in [4.69, 9.17) is 14.2 Å². The second-order valence-corrected chi connectivity index (χ2v) is 8.01. The molecule has 8 heteroatoms. The molecular formula is C26H26N2O6. The molecule has 2 heterocycles. The molecule has 0 bridgehead atoms. The van der Waals surface area contributed by atoms with Gasteiger partial charge in [-0.15, -0.1) is 0 Å². The van der Waals surface area contributed by atoms with Crippen molar-refractivity contribution in [3.05, 3.63) is 82.7 Å². The largest absolute Gasteiger partial charge is 0.456 e. The zero-order chi connectivity index (χ0) is 24.1. The maximum Gasteiger partial charge on any atom is 0.325 e. The predicted octanol–water partition coefficient (Wildman–Crippen LogP) is 3.23. The van der Waals surface area contributed by atoms with Gasteiger partial charge in [-0.3, -0.25) is 14.4 Å². The summed E-state index contributed by atoms with van der Waals surface area (Å²) in [5.41, 5.74) is 3.89. The second-order valence-electron chi connectivity index (χ2n) is 8.01. The molecule has 3 aromatic rings. The minimum absolute atomic E-state index is 0.107. The number of carbonyl (C=O) groups excluding carboxylic acids is 3. The Morgan fingerprint density at radius 1 is 1.00 bits per heavy atom. The van der Waals surface area contributed by atoms with Crippen molar-refractivity contribution in [1.29, 1.82) is 0 Å². The summed E-state index contributed by atoms with van der Waals surface area (Å²) in [7, 11) is 0. The molecule has 0 atom stereocenters. The van der Waals surface area contributed by atoms with Gasteiger partial charge >= 0.3 is 5.97 Å². The molecule has 1 aliphatic rings. The van der Waals surface area contributed by atoms with Gasteiger partial charge in [0.2, 0.25) is 12.6 Å². The molecule has 1 aromatic heterocycles. The van der Waals surface area contributed by atoms with Crippen LogP contribution in [0.4, 0.5) is 0 Å². The predicted molar refractivity (Wildman–Crippen MR) is 124 cm³/mol. The standard InChI is InChI=1S/C26H26N2O6/c1-17-12-21(18(2)28(17)11-10-19-6-4-3-5-7-19)22(29)15-32-25(30)14-27-26(31)20-8-9-23-24(13-20)34-16-33-23/h3-9,12-13H,10-11,14-16H2,1-2H3,(H,27,31). The quantitative estimate of drug-likeness (QED) is 0.388. The van der Waals surface area contributed by atoms with Gasteiger partial charge in [-0.05, 0) is 50.1 Å². The van der Waals surface area contributed by atoms with E-state index in [0.717, 1.165) is 24.4 Å².